The smallest absolute Gasteiger partial charge is 0.340 e. The maximum atomic E-state index is 13.0. The molecule has 0 spiro atoms. The summed E-state index contributed by atoms with van der Waals surface area (Å²) in [4.78, 5) is 10.8. The second-order valence-electron chi connectivity index (χ2n) is 4.25. The Morgan fingerprint density at radius 3 is 2.06 bits per heavy atom. The molecule has 1 unspecified atom stereocenters. The SMILES string of the molecule is CCCCCCCCCCC(F)C(=O)OC. The van der Waals surface area contributed by atoms with Crippen molar-refractivity contribution in [2.24, 2.45) is 0 Å². The molecular formula is C13H25FO2. The molecule has 0 aromatic heterocycles. The van der Waals surface area contributed by atoms with E-state index in [1.807, 2.05) is 0 Å². The topological polar surface area (TPSA) is 26.3 Å². The first kappa shape index (κ1) is 15.4. The molecule has 0 amide bonds. The van der Waals surface area contributed by atoms with Crippen LogP contribution in [0.15, 0.2) is 0 Å². The first-order valence-electron chi connectivity index (χ1n) is 6.44. The number of carbonyl (C=O) groups excluding carboxylic acids is 1. The van der Waals surface area contributed by atoms with E-state index in [0.717, 1.165) is 19.3 Å². The molecule has 0 aliphatic carbocycles. The molecule has 1 atom stereocenters. The van der Waals surface area contributed by atoms with E-state index in [9.17, 15) is 9.18 Å². The number of alkyl halides is 1. The summed E-state index contributed by atoms with van der Waals surface area (Å²) in [5, 5.41) is 0. The molecule has 0 fully saturated rings. The second kappa shape index (κ2) is 10.9. The Labute approximate surface area is 98.6 Å². The van der Waals surface area contributed by atoms with Gasteiger partial charge in [-0.2, -0.15) is 0 Å². The molecule has 0 saturated heterocycles. The van der Waals surface area contributed by atoms with Crippen molar-refractivity contribution in [2.45, 2.75) is 70.9 Å². The monoisotopic (exact) mass is 232 g/mol. The Kier molecular flexibility index (Phi) is 10.5. The number of unbranched alkanes of at least 4 members (excludes halogenated alkanes) is 7. The molecule has 0 heterocycles. The molecule has 0 aliphatic heterocycles. The fourth-order valence-corrected chi connectivity index (χ4v) is 1.70. The second-order valence-corrected chi connectivity index (χ2v) is 4.25. The van der Waals surface area contributed by atoms with Crippen LogP contribution in [-0.4, -0.2) is 19.3 Å². The van der Waals surface area contributed by atoms with Crippen LogP contribution in [0.1, 0.15) is 64.7 Å². The van der Waals surface area contributed by atoms with Crippen molar-refractivity contribution in [2.75, 3.05) is 7.11 Å². The minimum Gasteiger partial charge on any atom is -0.467 e. The van der Waals surface area contributed by atoms with E-state index in [2.05, 4.69) is 11.7 Å². The van der Waals surface area contributed by atoms with Crippen LogP contribution in [-0.2, 0) is 9.53 Å². The highest BCUT2D eigenvalue weighted by molar-refractivity contribution is 5.74. The van der Waals surface area contributed by atoms with Crippen molar-refractivity contribution in [3.8, 4) is 0 Å². The lowest BCUT2D eigenvalue weighted by atomic mass is 10.1. The zero-order valence-electron chi connectivity index (χ0n) is 10.6. The lowest BCUT2D eigenvalue weighted by Gasteiger charge is -2.05. The van der Waals surface area contributed by atoms with Crippen LogP contribution >= 0.6 is 0 Å². The Morgan fingerprint density at radius 2 is 1.56 bits per heavy atom. The summed E-state index contributed by atoms with van der Waals surface area (Å²) in [6.07, 6.45) is 8.23. The van der Waals surface area contributed by atoms with Gasteiger partial charge >= 0.3 is 5.97 Å². The summed E-state index contributed by atoms with van der Waals surface area (Å²) in [6, 6.07) is 0. The molecular weight excluding hydrogens is 207 g/mol. The van der Waals surface area contributed by atoms with Crippen LogP contribution in [0.2, 0.25) is 0 Å². The quantitative estimate of drug-likeness (QED) is 0.420. The van der Waals surface area contributed by atoms with Crippen LogP contribution in [0.5, 0.6) is 0 Å². The Morgan fingerprint density at radius 1 is 1.06 bits per heavy atom. The summed E-state index contributed by atoms with van der Waals surface area (Å²) >= 11 is 0. The highest BCUT2D eigenvalue weighted by Gasteiger charge is 2.16. The van der Waals surface area contributed by atoms with Crippen LogP contribution < -0.4 is 0 Å². The van der Waals surface area contributed by atoms with E-state index in [-0.39, 0.29) is 0 Å². The summed E-state index contributed by atoms with van der Waals surface area (Å²) in [6.45, 7) is 2.20. The first-order valence-corrected chi connectivity index (χ1v) is 6.44. The third-order valence-electron chi connectivity index (χ3n) is 2.77. The van der Waals surface area contributed by atoms with Crippen molar-refractivity contribution < 1.29 is 13.9 Å². The number of rotatable bonds is 10. The molecule has 0 bridgehead atoms. The number of halogens is 1. The molecule has 96 valence electrons. The highest BCUT2D eigenvalue weighted by atomic mass is 19.1. The summed E-state index contributed by atoms with van der Waals surface area (Å²) in [5.41, 5.74) is 0. The summed E-state index contributed by atoms with van der Waals surface area (Å²) < 4.78 is 17.3. The van der Waals surface area contributed by atoms with E-state index in [1.165, 1.54) is 39.2 Å². The lowest BCUT2D eigenvalue weighted by Crippen LogP contribution is -2.16. The first-order chi connectivity index (χ1) is 7.72. The number of methoxy groups -OCH3 is 1. The highest BCUT2D eigenvalue weighted by Crippen LogP contribution is 2.12. The number of hydrogen-bond donors (Lipinski definition) is 0. The van der Waals surface area contributed by atoms with Gasteiger partial charge in [0.05, 0.1) is 7.11 Å². The Hall–Kier alpha value is -0.600. The number of hydrogen-bond acceptors (Lipinski definition) is 2. The third kappa shape index (κ3) is 8.69. The molecule has 16 heavy (non-hydrogen) atoms. The van der Waals surface area contributed by atoms with Crippen molar-refractivity contribution in [3.63, 3.8) is 0 Å². The van der Waals surface area contributed by atoms with Crippen LogP contribution in [0.3, 0.4) is 0 Å². The van der Waals surface area contributed by atoms with E-state index in [1.54, 1.807) is 0 Å². The van der Waals surface area contributed by atoms with E-state index in [4.69, 9.17) is 0 Å². The van der Waals surface area contributed by atoms with E-state index >= 15 is 0 Å². The maximum Gasteiger partial charge on any atom is 0.340 e. The molecule has 3 heteroatoms. The maximum absolute atomic E-state index is 13.0. The van der Waals surface area contributed by atoms with Gasteiger partial charge in [-0.1, -0.05) is 51.9 Å². The molecule has 0 aromatic carbocycles. The number of ether oxygens (including phenoxy) is 1. The zero-order chi connectivity index (χ0) is 12.2. The molecule has 0 radical (unpaired) electrons. The van der Waals surface area contributed by atoms with Crippen molar-refractivity contribution in [1.29, 1.82) is 0 Å². The van der Waals surface area contributed by atoms with Crippen molar-refractivity contribution in [3.05, 3.63) is 0 Å². The average molecular weight is 232 g/mol. The van der Waals surface area contributed by atoms with Crippen LogP contribution in [0.4, 0.5) is 4.39 Å². The normalized spacial score (nSPS) is 12.4. The van der Waals surface area contributed by atoms with Gasteiger partial charge in [0.25, 0.3) is 0 Å². The minimum atomic E-state index is -1.43. The number of carbonyl (C=O) groups is 1. The van der Waals surface area contributed by atoms with Gasteiger partial charge in [0.2, 0.25) is 0 Å². The molecule has 0 saturated carbocycles. The largest absolute Gasteiger partial charge is 0.467 e. The molecule has 0 rings (SSSR count). The van der Waals surface area contributed by atoms with Gasteiger partial charge < -0.3 is 4.74 Å². The summed E-state index contributed by atoms with van der Waals surface area (Å²) in [5.74, 6) is -0.733. The Balaban J connectivity index is 3.17. The van der Waals surface area contributed by atoms with E-state index < -0.39 is 12.1 Å². The van der Waals surface area contributed by atoms with Gasteiger partial charge in [-0.3, -0.25) is 0 Å². The van der Waals surface area contributed by atoms with Crippen LogP contribution in [0.25, 0.3) is 0 Å². The number of esters is 1. The van der Waals surface area contributed by atoms with Gasteiger partial charge in [0, 0.05) is 0 Å². The standard InChI is InChI=1S/C13H25FO2/c1-3-4-5-6-7-8-9-10-11-12(14)13(15)16-2/h12H,3-11H2,1-2H3. The lowest BCUT2D eigenvalue weighted by molar-refractivity contribution is -0.146. The molecule has 0 aliphatic rings. The minimum absolute atomic E-state index is 0.307. The Bertz CT molecular complexity index is 171. The fraction of sp³-hybridized carbons (Fsp3) is 0.923. The van der Waals surface area contributed by atoms with Crippen molar-refractivity contribution in [1.82, 2.24) is 0 Å². The van der Waals surface area contributed by atoms with Crippen LogP contribution in [0, 0.1) is 0 Å². The predicted molar refractivity (Wildman–Crippen MR) is 64.1 cm³/mol. The molecule has 0 N–H and O–H groups in total. The van der Waals surface area contributed by atoms with E-state index in [0.29, 0.717) is 6.42 Å². The van der Waals surface area contributed by atoms with Crippen molar-refractivity contribution >= 4 is 5.97 Å². The zero-order valence-corrected chi connectivity index (χ0v) is 10.6. The van der Waals surface area contributed by atoms with Gasteiger partial charge in [0.15, 0.2) is 6.17 Å². The van der Waals surface area contributed by atoms with Gasteiger partial charge in [-0.25, -0.2) is 9.18 Å². The van der Waals surface area contributed by atoms with Gasteiger partial charge in [-0.15, -0.1) is 0 Å². The van der Waals surface area contributed by atoms with Gasteiger partial charge in [0.1, 0.15) is 0 Å². The fourth-order valence-electron chi connectivity index (χ4n) is 1.70. The third-order valence-corrected chi connectivity index (χ3v) is 2.77. The average Bonchev–Trinajstić information content (AvgIpc) is 2.31. The predicted octanol–water partition coefficient (Wildman–Crippen LogP) is 4.03. The molecule has 2 nitrogen and oxygen atoms in total. The molecule has 0 aromatic rings. The summed E-state index contributed by atoms with van der Waals surface area (Å²) in [7, 11) is 1.22. The van der Waals surface area contributed by atoms with Gasteiger partial charge in [-0.05, 0) is 12.8 Å².